The summed E-state index contributed by atoms with van der Waals surface area (Å²) in [4.78, 5) is 43.8. The molecule has 3 amide bonds. The lowest BCUT2D eigenvalue weighted by atomic mass is 9.80. The number of carbonyl (C=O) groups excluding carboxylic acids is 3. The molecule has 4 rings (SSSR count). The molecule has 2 aliphatic heterocycles. The van der Waals surface area contributed by atoms with Crippen molar-refractivity contribution >= 4 is 46.8 Å². The molecular weight excluding hydrogens is 491 g/mol. The Morgan fingerprint density at radius 3 is 2.43 bits per heavy atom. The van der Waals surface area contributed by atoms with Gasteiger partial charge in [-0.15, -0.1) is 0 Å². The van der Waals surface area contributed by atoms with Gasteiger partial charge in [0.25, 0.3) is 5.91 Å². The van der Waals surface area contributed by atoms with Crippen LogP contribution in [0.5, 0.6) is 0 Å². The fourth-order valence-electron chi connectivity index (χ4n) is 5.01. The summed E-state index contributed by atoms with van der Waals surface area (Å²) >= 11 is 12.3. The normalized spacial score (nSPS) is 22.2. The number of hydrogen-bond donors (Lipinski definition) is 0. The third-order valence-corrected chi connectivity index (χ3v) is 7.20. The maximum atomic E-state index is 14.1. The van der Waals surface area contributed by atoms with Crippen LogP contribution in [0.2, 0.25) is 10.0 Å². The van der Waals surface area contributed by atoms with Crippen molar-refractivity contribution in [2.45, 2.75) is 24.3 Å². The summed E-state index contributed by atoms with van der Waals surface area (Å²) in [7, 11) is 2.98. The number of amides is 3. The van der Waals surface area contributed by atoms with Gasteiger partial charge >= 0.3 is 12.0 Å². The molecule has 2 aromatic rings. The highest BCUT2D eigenvalue weighted by Crippen LogP contribution is 2.46. The maximum Gasteiger partial charge on any atom is 0.332 e. The Balaban J connectivity index is 1.72. The van der Waals surface area contributed by atoms with E-state index in [0.717, 1.165) is 10.5 Å². The molecule has 2 atom stereocenters. The Hall–Kier alpha value is -3.12. The zero-order chi connectivity index (χ0) is 25.3. The Bertz CT molecular complexity index is 1190. The lowest BCUT2D eigenvalue weighted by Crippen LogP contribution is -2.53. The number of halogens is 2. The number of methoxy groups -OCH3 is 1. The molecule has 0 bridgehead atoms. The van der Waals surface area contributed by atoms with Crippen LogP contribution in [0.15, 0.2) is 42.5 Å². The fraction of sp³-hybridized carbons (Fsp3) is 0.360. The minimum absolute atomic E-state index is 0.261. The topological polar surface area (TPSA) is 94.0 Å². The third-order valence-electron chi connectivity index (χ3n) is 6.76. The van der Waals surface area contributed by atoms with Gasteiger partial charge in [0.1, 0.15) is 5.54 Å². The number of likely N-dealkylation sites (tertiary alicyclic amines) is 1. The van der Waals surface area contributed by atoms with Gasteiger partial charge in [0.15, 0.2) is 0 Å². The number of ether oxygens (including phenoxy) is 1. The molecule has 1 spiro atoms. The van der Waals surface area contributed by atoms with Crippen LogP contribution in [0.3, 0.4) is 0 Å². The van der Waals surface area contributed by atoms with Gasteiger partial charge in [-0.3, -0.25) is 14.5 Å². The molecule has 0 unspecified atom stereocenters. The monoisotopic (exact) mass is 514 g/mol. The van der Waals surface area contributed by atoms with Crippen molar-refractivity contribution < 1.29 is 19.1 Å². The van der Waals surface area contributed by atoms with Crippen LogP contribution in [-0.4, -0.2) is 67.0 Å². The van der Waals surface area contributed by atoms with E-state index in [-0.39, 0.29) is 24.2 Å². The Kier molecular flexibility index (Phi) is 7.04. The van der Waals surface area contributed by atoms with Gasteiger partial charge in [-0.25, -0.2) is 9.69 Å². The Morgan fingerprint density at radius 1 is 1.17 bits per heavy atom. The number of rotatable bonds is 6. The molecule has 0 aromatic heterocycles. The number of esters is 1. The van der Waals surface area contributed by atoms with E-state index in [4.69, 9.17) is 27.9 Å². The molecule has 182 valence electrons. The van der Waals surface area contributed by atoms with E-state index < -0.39 is 11.6 Å². The van der Waals surface area contributed by atoms with Crippen molar-refractivity contribution in [2.24, 2.45) is 0 Å². The van der Waals surface area contributed by atoms with Crippen LogP contribution in [0.4, 0.5) is 10.5 Å². The van der Waals surface area contributed by atoms with E-state index in [1.807, 2.05) is 12.1 Å². The smallest absolute Gasteiger partial charge is 0.332 e. The summed E-state index contributed by atoms with van der Waals surface area (Å²) in [6.07, 6.45) is 0.819. The predicted octanol–water partition coefficient (Wildman–Crippen LogP) is 4.05. The first-order valence-corrected chi connectivity index (χ1v) is 11.8. The molecule has 0 N–H and O–H groups in total. The minimum Gasteiger partial charge on any atom is -0.469 e. The first-order valence-electron chi connectivity index (χ1n) is 11.1. The highest BCUT2D eigenvalue weighted by atomic mass is 35.5. The summed E-state index contributed by atoms with van der Waals surface area (Å²) in [5, 5.41) is 9.83. The number of nitrogens with zero attached hydrogens (tertiary/aromatic N) is 4. The summed E-state index contributed by atoms with van der Waals surface area (Å²) in [5.41, 5.74) is 0.487. The average molecular weight is 515 g/mol. The average Bonchev–Trinajstić information content (AvgIpc) is 3.30. The molecule has 2 fully saturated rings. The van der Waals surface area contributed by atoms with Crippen molar-refractivity contribution in [3.05, 3.63) is 63.6 Å². The molecule has 35 heavy (non-hydrogen) atoms. The second-order valence-corrected chi connectivity index (χ2v) is 9.61. The molecule has 2 aliphatic rings. The van der Waals surface area contributed by atoms with Crippen LogP contribution in [-0.2, 0) is 14.3 Å². The molecular formula is C25H24Cl2N4O4. The SMILES string of the molecule is COC(=O)CCCN1C[C@H](c2ccc(C#N)cc2)[C@]2(C1)C(=O)N(c1cc(Cl)cc(Cl)c1)C(=O)N2C. The second-order valence-electron chi connectivity index (χ2n) is 8.74. The number of nitriles is 1. The standard InChI is InChI=1S/C25H24Cl2N4O4/c1-29-24(34)31(20-11-18(26)10-19(27)12-20)23(33)25(29)15-30(9-3-4-22(32)35-2)14-21(25)17-7-5-16(13-28)6-8-17/h5-8,10-12,21H,3-4,9,14-15H2,1-2H3/t21-,25-/m1/s1. The van der Waals surface area contributed by atoms with E-state index in [1.165, 1.54) is 30.2 Å². The molecule has 10 heteroatoms. The van der Waals surface area contributed by atoms with Crippen LogP contribution in [0.25, 0.3) is 0 Å². The van der Waals surface area contributed by atoms with E-state index in [2.05, 4.69) is 11.0 Å². The van der Waals surface area contributed by atoms with Gasteiger partial charge in [-0.1, -0.05) is 35.3 Å². The van der Waals surface area contributed by atoms with E-state index in [0.29, 0.717) is 47.4 Å². The first-order chi connectivity index (χ1) is 16.7. The van der Waals surface area contributed by atoms with Gasteiger partial charge in [0.05, 0.1) is 24.4 Å². The number of imide groups is 1. The Morgan fingerprint density at radius 2 is 1.83 bits per heavy atom. The van der Waals surface area contributed by atoms with Crippen molar-refractivity contribution in [2.75, 3.05) is 38.7 Å². The molecule has 8 nitrogen and oxygen atoms in total. The van der Waals surface area contributed by atoms with Gasteiger partial charge < -0.3 is 9.64 Å². The zero-order valence-corrected chi connectivity index (χ0v) is 20.8. The largest absolute Gasteiger partial charge is 0.469 e. The molecule has 2 aromatic carbocycles. The van der Waals surface area contributed by atoms with Crippen molar-refractivity contribution in [1.82, 2.24) is 9.80 Å². The highest BCUT2D eigenvalue weighted by Gasteiger charge is 2.64. The lowest BCUT2D eigenvalue weighted by Gasteiger charge is -2.34. The van der Waals surface area contributed by atoms with E-state index >= 15 is 0 Å². The maximum absolute atomic E-state index is 14.1. The number of carbonyl (C=O) groups is 3. The minimum atomic E-state index is -1.18. The number of likely N-dealkylation sites (N-methyl/N-ethyl adjacent to an activating group) is 1. The van der Waals surface area contributed by atoms with E-state index in [1.54, 1.807) is 19.2 Å². The van der Waals surface area contributed by atoms with Gasteiger partial charge in [0.2, 0.25) is 0 Å². The van der Waals surface area contributed by atoms with Gasteiger partial charge in [0, 0.05) is 42.5 Å². The Labute approximate surface area is 213 Å². The molecule has 2 heterocycles. The lowest BCUT2D eigenvalue weighted by molar-refractivity contribution is -0.140. The summed E-state index contributed by atoms with van der Waals surface area (Å²) in [5.74, 6) is -1.02. The first kappa shape index (κ1) is 25.0. The van der Waals surface area contributed by atoms with Crippen LogP contribution in [0.1, 0.15) is 29.9 Å². The van der Waals surface area contributed by atoms with Gasteiger partial charge in [-0.05, 0) is 48.9 Å². The number of benzene rings is 2. The molecule has 2 saturated heterocycles. The van der Waals surface area contributed by atoms with Gasteiger partial charge in [-0.2, -0.15) is 5.26 Å². The number of urea groups is 1. The molecule has 0 saturated carbocycles. The predicted molar refractivity (Wildman–Crippen MR) is 131 cm³/mol. The molecule has 0 aliphatic carbocycles. The zero-order valence-electron chi connectivity index (χ0n) is 19.3. The van der Waals surface area contributed by atoms with Crippen molar-refractivity contribution in [3.8, 4) is 6.07 Å². The van der Waals surface area contributed by atoms with Crippen LogP contribution >= 0.6 is 23.2 Å². The summed E-state index contributed by atoms with van der Waals surface area (Å²) in [6, 6.07) is 13.3. The van der Waals surface area contributed by atoms with Crippen molar-refractivity contribution in [3.63, 3.8) is 0 Å². The second kappa shape index (κ2) is 9.86. The number of hydrogen-bond acceptors (Lipinski definition) is 6. The van der Waals surface area contributed by atoms with Crippen molar-refractivity contribution in [1.29, 1.82) is 5.26 Å². The van der Waals surface area contributed by atoms with E-state index in [9.17, 15) is 19.6 Å². The highest BCUT2D eigenvalue weighted by molar-refractivity contribution is 6.35. The summed E-state index contributed by atoms with van der Waals surface area (Å²) in [6.45, 7) is 1.35. The molecule has 0 radical (unpaired) electrons. The third kappa shape index (κ3) is 4.47. The van der Waals surface area contributed by atoms with Crippen LogP contribution < -0.4 is 4.90 Å². The summed E-state index contributed by atoms with van der Waals surface area (Å²) < 4.78 is 4.73. The number of anilines is 1. The fourth-order valence-corrected chi connectivity index (χ4v) is 5.53. The quantitative estimate of drug-likeness (QED) is 0.426. The van der Waals surface area contributed by atoms with Crippen LogP contribution in [0, 0.1) is 11.3 Å².